The monoisotopic (exact) mass is 419 g/mol. The fraction of sp³-hybridized carbons (Fsp3) is 0.562. The van der Waals surface area contributed by atoms with Gasteiger partial charge < -0.3 is 42.7 Å². The highest BCUT2D eigenvalue weighted by molar-refractivity contribution is 5.96. The number of benzene rings is 1. The highest BCUT2D eigenvalue weighted by Crippen LogP contribution is 2.31. The van der Waals surface area contributed by atoms with Crippen LogP contribution in [0.25, 0.3) is 0 Å². The molecule has 0 spiro atoms. The number of morpholine rings is 1. The first-order valence-electron chi connectivity index (χ1n) is 7.50. The van der Waals surface area contributed by atoms with E-state index in [9.17, 15) is 4.79 Å². The number of ketones is 1. The van der Waals surface area contributed by atoms with Gasteiger partial charge in [-0.25, -0.2) is 0 Å². The minimum absolute atomic E-state index is 0. The van der Waals surface area contributed by atoms with E-state index in [1.807, 2.05) is 12.1 Å². The minimum atomic E-state index is 0. The van der Waals surface area contributed by atoms with E-state index in [-0.39, 0.29) is 29.8 Å². The second-order valence-corrected chi connectivity index (χ2v) is 5.93. The molecule has 0 aromatic heterocycles. The first-order valence-corrected chi connectivity index (χ1v) is 7.50. The summed E-state index contributed by atoms with van der Waals surface area (Å²) in [6.45, 7) is 5.50. The molecule has 2 aliphatic heterocycles. The summed E-state index contributed by atoms with van der Waals surface area (Å²) in [4.78, 5) is 12.4. The Morgan fingerprint density at radius 2 is 1.77 bits per heavy atom. The van der Waals surface area contributed by atoms with Gasteiger partial charge in [0.05, 0.1) is 33.2 Å². The van der Waals surface area contributed by atoms with E-state index in [2.05, 4.69) is 7.05 Å². The van der Waals surface area contributed by atoms with Gasteiger partial charge in [0.25, 0.3) is 0 Å². The van der Waals surface area contributed by atoms with Gasteiger partial charge in [-0.1, -0.05) is 0 Å². The summed E-state index contributed by atoms with van der Waals surface area (Å²) >= 11 is 0. The largest absolute Gasteiger partial charge is 1.00 e. The van der Waals surface area contributed by atoms with Crippen molar-refractivity contribution >= 4 is 5.78 Å². The average Bonchev–Trinajstić information content (AvgIpc) is 2.53. The van der Waals surface area contributed by atoms with Crippen molar-refractivity contribution < 1.29 is 47.5 Å². The first-order chi connectivity index (χ1) is 10.2. The Kier molecular flexibility index (Phi) is 6.05. The zero-order valence-corrected chi connectivity index (χ0v) is 15.0. The smallest absolute Gasteiger partial charge is 0.168 e. The number of hydrogen-bond donors (Lipinski definition) is 0. The molecular weight excluding hydrogens is 397 g/mol. The Labute approximate surface area is 148 Å². The number of quaternary nitrogens is 1. The maximum absolute atomic E-state index is 12.4. The van der Waals surface area contributed by atoms with Crippen LogP contribution in [0.2, 0.25) is 0 Å². The van der Waals surface area contributed by atoms with Gasteiger partial charge in [0.1, 0.15) is 26.3 Å². The molecule has 0 amide bonds. The standard InChI is InChI=1S/C16H22NO4.HI/c1-17(6-8-19-9-7-17)5-4-14(18)13-2-3-15-16(12-13)21-11-10-20-15;/h2-3,12H,4-11H2,1H3;1H/q+1;/p-1. The van der Waals surface area contributed by atoms with Crippen LogP contribution in [0.3, 0.4) is 0 Å². The molecule has 1 fully saturated rings. The van der Waals surface area contributed by atoms with Crippen molar-refractivity contribution in [2.45, 2.75) is 6.42 Å². The number of likely N-dealkylation sites (N-methyl/N-ethyl adjacent to an activating group) is 1. The van der Waals surface area contributed by atoms with E-state index >= 15 is 0 Å². The summed E-state index contributed by atoms with van der Waals surface area (Å²) in [5.41, 5.74) is 0.708. The van der Waals surface area contributed by atoms with Crippen LogP contribution in [0.4, 0.5) is 0 Å². The lowest BCUT2D eigenvalue weighted by Gasteiger charge is -2.37. The maximum Gasteiger partial charge on any atom is 0.168 e. The van der Waals surface area contributed by atoms with Crippen molar-refractivity contribution in [3.05, 3.63) is 23.8 Å². The second-order valence-electron chi connectivity index (χ2n) is 5.93. The molecule has 5 nitrogen and oxygen atoms in total. The van der Waals surface area contributed by atoms with E-state index < -0.39 is 0 Å². The molecule has 22 heavy (non-hydrogen) atoms. The van der Waals surface area contributed by atoms with Crippen LogP contribution in [-0.2, 0) is 4.74 Å². The van der Waals surface area contributed by atoms with Gasteiger partial charge in [0.2, 0.25) is 0 Å². The molecule has 0 saturated carbocycles. The lowest BCUT2D eigenvalue weighted by Crippen LogP contribution is -3.00. The van der Waals surface area contributed by atoms with E-state index in [0.717, 1.165) is 43.1 Å². The van der Waals surface area contributed by atoms with Gasteiger partial charge in [0.15, 0.2) is 17.3 Å². The second kappa shape index (κ2) is 7.61. The van der Waals surface area contributed by atoms with Crippen LogP contribution >= 0.6 is 0 Å². The molecule has 0 unspecified atom stereocenters. The van der Waals surface area contributed by atoms with Crippen LogP contribution in [0.1, 0.15) is 16.8 Å². The van der Waals surface area contributed by atoms with Gasteiger partial charge >= 0.3 is 0 Å². The Bertz CT molecular complexity index is 529. The molecule has 1 saturated heterocycles. The predicted molar refractivity (Wildman–Crippen MR) is 78.0 cm³/mol. The van der Waals surface area contributed by atoms with Crippen molar-refractivity contribution in [2.75, 3.05) is 53.1 Å². The molecule has 0 N–H and O–H groups in total. The molecular formula is C16H22INO4. The number of carbonyl (C=O) groups is 1. The number of nitrogens with zero attached hydrogens (tertiary/aromatic N) is 1. The lowest BCUT2D eigenvalue weighted by molar-refractivity contribution is -0.916. The normalized spacial score (nSPS) is 19.1. The molecule has 0 aliphatic carbocycles. The third-order valence-corrected chi connectivity index (χ3v) is 4.29. The molecule has 0 bridgehead atoms. The zero-order chi connectivity index (χ0) is 14.7. The van der Waals surface area contributed by atoms with E-state index in [4.69, 9.17) is 14.2 Å². The van der Waals surface area contributed by atoms with Crippen molar-refractivity contribution in [2.24, 2.45) is 0 Å². The molecule has 3 rings (SSSR count). The van der Waals surface area contributed by atoms with Crippen LogP contribution in [0.5, 0.6) is 11.5 Å². The molecule has 2 aliphatic rings. The highest BCUT2D eigenvalue weighted by atomic mass is 127. The first kappa shape index (κ1) is 17.5. The molecule has 1 aromatic rings. The number of ether oxygens (including phenoxy) is 3. The summed E-state index contributed by atoms with van der Waals surface area (Å²) < 4.78 is 17.3. The summed E-state index contributed by atoms with van der Waals surface area (Å²) in [6.07, 6.45) is 0.552. The third-order valence-electron chi connectivity index (χ3n) is 4.29. The summed E-state index contributed by atoms with van der Waals surface area (Å²) in [5.74, 6) is 1.57. The van der Waals surface area contributed by atoms with Crippen LogP contribution in [0.15, 0.2) is 18.2 Å². The van der Waals surface area contributed by atoms with Gasteiger partial charge in [-0.2, -0.15) is 0 Å². The molecule has 122 valence electrons. The van der Waals surface area contributed by atoms with Crippen molar-refractivity contribution in [3.8, 4) is 11.5 Å². The lowest BCUT2D eigenvalue weighted by atomic mass is 10.1. The number of rotatable bonds is 4. The van der Waals surface area contributed by atoms with Gasteiger partial charge in [-0.15, -0.1) is 0 Å². The number of halogens is 1. The molecule has 1 aromatic carbocycles. The Hall–Kier alpha value is -0.860. The van der Waals surface area contributed by atoms with Crippen LogP contribution < -0.4 is 33.5 Å². The van der Waals surface area contributed by atoms with Gasteiger partial charge in [-0.3, -0.25) is 4.79 Å². The molecule has 2 heterocycles. The van der Waals surface area contributed by atoms with Crippen molar-refractivity contribution in [3.63, 3.8) is 0 Å². The summed E-state index contributed by atoms with van der Waals surface area (Å²) in [6, 6.07) is 5.46. The predicted octanol–water partition coefficient (Wildman–Crippen LogP) is -1.49. The molecule has 0 radical (unpaired) electrons. The highest BCUT2D eigenvalue weighted by Gasteiger charge is 2.26. The Morgan fingerprint density at radius 1 is 1.09 bits per heavy atom. The SMILES string of the molecule is C[N+]1(CCC(=O)c2ccc3c(c2)OCCO3)CCOCC1.[I-]. The van der Waals surface area contributed by atoms with E-state index in [1.165, 1.54) is 0 Å². The minimum Gasteiger partial charge on any atom is -1.00 e. The average molecular weight is 419 g/mol. The topological polar surface area (TPSA) is 44.8 Å². The van der Waals surface area contributed by atoms with E-state index in [0.29, 0.717) is 30.9 Å². The Morgan fingerprint density at radius 3 is 2.50 bits per heavy atom. The van der Waals surface area contributed by atoms with Crippen LogP contribution in [-0.4, -0.2) is 63.4 Å². The quantitative estimate of drug-likeness (QED) is 0.339. The van der Waals surface area contributed by atoms with E-state index in [1.54, 1.807) is 6.07 Å². The van der Waals surface area contributed by atoms with Gasteiger partial charge in [0, 0.05) is 5.56 Å². The molecule has 6 heteroatoms. The number of carbonyl (C=O) groups excluding carboxylic acids is 1. The number of fused-ring (bicyclic) bond motifs is 1. The number of Topliss-reactive ketones (excluding diaryl/α,β-unsaturated/α-hetero) is 1. The Balaban J connectivity index is 0.00000176. The van der Waals surface area contributed by atoms with Gasteiger partial charge in [-0.05, 0) is 18.2 Å². The summed E-state index contributed by atoms with van der Waals surface area (Å²) in [5, 5.41) is 0. The van der Waals surface area contributed by atoms with Crippen molar-refractivity contribution in [1.82, 2.24) is 0 Å². The fourth-order valence-electron chi connectivity index (χ4n) is 2.74. The zero-order valence-electron chi connectivity index (χ0n) is 12.8. The van der Waals surface area contributed by atoms with Crippen molar-refractivity contribution in [1.29, 1.82) is 0 Å². The number of hydrogen-bond acceptors (Lipinski definition) is 4. The maximum atomic E-state index is 12.4. The van der Waals surface area contributed by atoms with Crippen LogP contribution in [0, 0.1) is 0 Å². The summed E-state index contributed by atoms with van der Waals surface area (Å²) in [7, 11) is 2.19. The third kappa shape index (κ3) is 4.11. The fourth-order valence-corrected chi connectivity index (χ4v) is 2.74. The molecule has 0 atom stereocenters.